The number of Topliss-reactive ketones (excluding diaryl/α,β-unsaturated/α-hetero) is 2. The zero-order valence-electron chi connectivity index (χ0n) is 18.6. The highest BCUT2D eigenvalue weighted by Gasteiger charge is 2.52. The molecule has 2 saturated heterocycles. The molecule has 0 aliphatic carbocycles. The molecule has 2 aliphatic heterocycles. The summed E-state index contributed by atoms with van der Waals surface area (Å²) in [6.45, 7) is 3.88. The van der Waals surface area contributed by atoms with Crippen LogP contribution in [0, 0.1) is 11.7 Å². The molecule has 2 aliphatic rings. The third-order valence-corrected chi connectivity index (χ3v) is 6.56. The highest BCUT2D eigenvalue weighted by molar-refractivity contribution is 6.43. The second-order valence-electron chi connectivity index (χ2n) is 8.63. The van der Waals surface area contributed by atoms with Crippen molar-refractivity contribution in [2.24, 2.45) is 5.92 Å². The van der Waals surface area contributed by atoms with Crippen molar-refractivity contribution in [3.05, 3.63) is 71.7 Å². The van der Waals surface area contributed by atoms with Crippen molar-refractivity contribution in [2.75, 3.05) is 39.4 Å². The lowest BCUT2D eigenvalue weighted by Crippen LogP contribution is -2.39. The number of halogens is 1. The summed E-state index contributed by atoms with van der Waals surface area (Å²) in [5, 5.41) is 0.715. The van der Waals surface area contributed by atoms with Gasteiger partial charge in [-0.3, -0.25) is 19.3 Å². The van der Waals surface area contributed by atoms with Gasteiger partial charge in [-0.05, 0) is 24.6 Å². The maximum atomic E-state index is 14.9. The van der Waals surface area contributed by atoms with E-state index < -0.39 is 35.3 Å². The third kappa shape index (κ3) is 4.15. The Morgan fingerprint density at radius 2 is 1.74 bits per heavy atom. The molecular formula is C26H25FN2O5. The number of fused-ring (bicyclic) bond motifs is 1. The Morgan fingerprint density at radius 3 is 2.50 bits per heavy atom. The van der Waals surface area contributed by atoms with Crippen molar-refractivity contribution in [1.82, 2.24) is 9.80 Å². The van der Waals surface area contributed by atoms with Crippen LogP contribution in [0.5, 0.6) is 0 Å². The van der Waals surface area contributed by atoms with Crippen molar-refractivity contribution in [3.63, 3.8) is 0 Å². The molecule has 3 aromatic rings. The number of nitrogens with zero attached hydrogens (tertiary/aromatic N) is 2. The fourth-order valence-electron chi connectivity index (χ4n) is 4.84. The zero-order valence-corrected chi connectivity index (χ0v) is 18.6. The maximum Gasteiger partial charge on any atom is 0.291 e. The second-order valence-corrected chi connectivity index (χ2v) is 8.63. The number of furan rings is 1. The van der Waals surface area contributed by atoms with E-state index >= 15 is 0 Å². The molecule has 2 aromatic carbocycles. The predicted octanol–water partition coefficient (Wildman–Crippen LogP) is 3.25. The Hall–Kier alpha value is -3.36. The number of ether oxygens (including phenoxy) is 1. The van der Waals surface area contributed by atoms with Gasteiger partial charge in [0.25, 0.3) is 5.91 Å². The minimum atomic E-state index is -1.37. The number of para-hydroxylation sites is 1. The number of carbonyl (C=O) groups excluding carboxylic acids is 3. The summed E-state index contributed by atoms with van der Waals surface area (Å²) < 4.78 is 25.9. The van der Waals surface area contributed by atoms with Gasteiger partial charge in [0.1, 0.15) is 17.3 Å². The van der Waals surface area contributed by atoms with E-state index in [1.54, 1.807) is 30.3 Å². The normalized spacial score (nSPS) is 21.5. The molecule has 3 heterocycles. The van der Waals surface area contributed by atoms with Crippen molar-refractivity contribution < 1.29 is 27.9 Å². The molecule has 0 N–H and O–H groups in total. The molecule has 34 heavy (non-hydrogen) atoms. The number of carbonyl (C=O) groups is 3. The van der Waals surface area contributed by atoms with E-state index in [1.165, 1.54) is 23.1 Å². The molecule has 1 aromatic heterocycles. The first-order chi connectivity index (χ1) is 16.5. The SMILES string of the molecule is O=C1C(=O)N(CCCN2CCOCC2)C(c2ccccc2F)C1C(=O)c1cc2ccccc2o1. The summed E-state index contributed by atoms with van der Waals surface area (Å²) in [5.74, 6) is -4.14. The molecular weight excluding hydrogens is 439 g/mol. The van der Waals surface area contributed by atoms with Crippen molar-refractivity contribution in [1.29, 1.82) is 0 Å². The topological polar surface area (TPSA) is 80.1 Å². The number of likely N-dealkylation sites (tertiary alicyclic amines) is 1. The van der Waals surface area contributed by atoms with Crippen molar-refractivity contribution in [3.8, 4) is 0 Å². The van der Waals surface area contributed by atoms with Crippen LogP contribution in [0.2, 0.25) is 0 Å². The van der Waals surface area contributed by atoms with Crippen LogP contribution in [0.15, 0.2) is 59.0 Å². The molecule has 0 bridgehead atoms. The lowest BCUT2D eigenvalue weighted by Gasteiger charge is -2.30. The highest BCUT2D eigenvalue weighted by Crippen LogP contribution is 2.40. The lowest BCUT2D eigenvalue weighted by atomic mass is 9.88. The van der Waals surface area contributed by atoms with Crippen LogP contribution in [0.4, 0.5) is 4.39 Å². The Bertz CT molecular complexity index is 1200. The average Bonchev–Trinajstić information content (AvgIpc) is 3.40. The van der Waals surface area contributed by atoms with Crippen LogP contribution in [-0.2, 0) is 14.3 Å². The first-order valence-electron chi connectivity index (χ1n) is 11.5. The number of benzene rings is 2. The van der Waals surface area contributed by atoms with Gasteiger partial charge in [0.15, 0.2) is 5.76 Å². The highest BCUT2D eigenvalue weighted by atomic mass is 19.1. The fraction of sp³-hybridized carbons (Fsp3) is 0.346. The van der Waals surface area contributed by atoms with Crippen molar-refractivity contribution >= 4 is 28.4 Å². The van der Waals surface area contributed by atoms with Gasteiger partial charge in [-0.25, -0.2) is 4.39 Å². The maximum absolute atomic E-state index is 14.9. The Labute approximate surface area is 196 Å². The van der Waals surface area contributed by atoms with Crippen LogP contribution in [-0.4, -0.2) is 66.7 Å². The molecule has 7 nitrogen and oxygen atoms in total. The minimum Gasteiger partial charge on any atom is -0.453 e. The van der Waals surface area contributed by atoms with Crippen molar-refractivity contribution in [2.45, 2.75) is 12.5 Å². The lowest BCUT2D eigenvalue weighted by molar-refractivity contribution is -0.140. The van der Waals surface area contributed by atoms with Gasteiger partial charge in [0.05, 0.1) is 19.3 Å². The first kappa shape index (κ1) is 22.4. The van der Waals surface area contributed by atoms with Gasteiger partial charge in [0, 0.05) is 37.1 Å². The molecule has 176 valence electrons. The summed E-state index contributed by atoms with van der Waals surface area (Å²) in [5.41, 5.74) is 0.662. The van der Waals surface area contributed by atoms with E-state index in [1.807, 2.05) is 6.07 Å². The van der Waals surface area contributed by atoms with Crippen LogP contribution in [0.3, 0.4) is 0 Å². The van der Waals surface area contributed by atoms with Gasteiger partial charge in [-0.15, -0.1) is 0 Å². The number of morpholine rings is 1. The summed E-state index contributed by atoms with van der Waals surface area (Å²) in [7, 11) is 0. The summed E-state index contributed by atoms with van der Waals surface area (Å²) in [6.07, 6.45) is 0.593. The average molecular weight is 464 g/mol. The molecule has 2 fully saturated rings. The number of amides is 1. The summed E-state index contributed by atoms with van der Waals surface area (Å²) in [4.78, 5) is 43.2. The molecule has 5 rings (SSSR count). The molecule has 0 radical (unpaired) electrons. The minimum absolute atomic E-state index is 0.0103. The van der Waals surface area contributed by atoms with Gasteiger partial charge in [0.2, 0.25) is 11.6 Å². The molecule has 2 unspecified atom stereocenters. The standard InChI is InChI=1S/C26H25FN2O5/c27-19-8-3-2-7-18(19)23-22(24(30)21-16-17-6-1-4-9-20(17)34-21)25(31)26(32)29(23)11-5-10-28-12-14-33-15-13-28/h1-4,6-9,16,22-23H,5,10-15H2. The predicted molar refractivity (Wildman–Crippen MR) is 122 cm³/mol. The second kappa shape index (κ2) is 9.48. The quantitative estimate of drug-likeness (QED) is 0.303. The van der Waals surface area contributed by atoms with E-state index in [9.17, 15) is 18.8 Å². The van der Waals surface area contributed by atoms with Crippen LogP contribution in [0.25, 0.3) is 11.0 Å². The van der Waals surface area contributed by atoms with Crippen LogP contribution >= 0.6 is 0 Å². The molecule has 8 heteroatoms. The molecule has 0 saturated carbocycles. The largest absolute Gasteiger partial charge is 0.453 e. The van der Waals surface area contributed by atoms with E-state index in [0.717, 1.165) is 13.1 Å². The number of rotatable bonds is 7. The monoisotopic (exact) mass is 464 g/mol. The zero-order chi connectivity index (χ0) is 23.7. The van der Waals surface area contributed by atoms with E-state index in [-0.39, 0.29) is 17.9 Å². The molecule has 0 spiro atoms. The number of hydrogen-bond acceptors (Lipinski definition) is 6. The van der Waals surface area contributed by atoms with E-state index in [4.69, 9.17) is 9.15 Å². The first-order valence-corrected chi connectivity index (χ1v) is 11.5. The fourth-order valence-corrected chi connectivity index (χ4v) is 4.84. The smallest absolute Gasteiger partial charge is 0.291 e. The number of hydrogen-bond donors (Lipinski definition) is 0. The van der Waals surface area contributed by atoms with Gasteiger partial charge in [-0.2, -0.15) is 0 Å². The molecule has 1 amide bonds. The van der Waals surface area contributed by atoms with Crippen LogP contribution in [0.1, 0.15) is 28.6 Å². The Morgan fingerprint density at radius 1 is 1.00 bits per heavy atom. The molecule has 2 atom stereocenters. The van der Waals surface area contributed by atoms with Gasteiger partial charge in [-0.1, -0.05) is 36.4 Å². The Kier molecular flexibility index (Phi) is 6.26. The van der Waals surface area contributed by atoms with Gasteiger partial charge < -0.3 is 14.1 Å². The number of ketones is 2. The van der Waals surface area contributed by atoms with E-state index in [0.29, 0.717) is 37.1 Å². The Balaban J connectivity index is 1.45. The summed E-state index contributed by atoms with van der Waals surface area (Å²) in [6, 6.07) is 13.6. The van der Waals surface area contributed by atoms with E-state index in [2.05, 4.69) is 4.90 Å². The van der Waals surface area contributed by atoms with Gasteiger partial charge >= 0.3 is 0 Å². The van der Waals surface area contributed by atoms with Crippen LogP contribution < -0.4 is 0 Å². The summed E-state index contributed by atoms with van der Waals surface area (Å²) >= 11 is 0. The third-order valence-electron chi connectivity index (χ3n) is 6.56.